The molecule has 8 nitrogen and oxygen atoms in total. The van der Waals surface area contributed by atoms with Crippen molar-refractivity contribution in [2.45, 2.75) is 32.0 Å². The molecule has 0 radical (unpaired) electrons. The van der Waals surface area contributed by atoms with Crippen LogP contribution in [0, 0.1) is 0 Å². The fourth-order valence-electron chi connectivity index (χ4n) is 4.49. The number of hydrogen-bond donors (Lipinski definition) is 1. The first-order valence-corrected chi connectivity index (χ1v) is 11.3. The zero-order valence-corrected chi connectivity index (χ0v) is 18.8. The van der Waals surface area contributed by atoms with Gasteiger partial charge in [-0.05, 0) is 63.7 Å². The molecule has 4 heterocycles. The second kappa shape index (κ2) is 8.13. The number of H-pyrrole nitrogens is 1. The Bertz CT molecular complexity index is 1390. The van der Waals surface area contributed by atoms with Crippen molar-refractivity contribution in [2.75, 3.05) is 20.7 Å². The summed E-state index contributed by atoms with van der Waals surface area (Å²) in [6.07, 6.45) is 3.11. The molecule has 33 heavy (non-hydrogen) atoms. The fourth-order valence-corrected chi connectivity index (χ4v) is 4.49. The standard InChI is InChI=1S/C25H26N6O2/c1-30(2)15-22-26-25(28-27-22)17-10-11-19-18(13-17)24(29-31(19)23-9-5-6-12-32-23)21-14-16-7-3-4-8-20(16)33-21/h3-4,7-8,10-11,13-14,23H,5-6,9,12,15H2,1-2H3,(H,26,27,28). The van der Waals surface area contributed by atoms with Crippen LogP contribution in [0.1, 0.15) is 31.3 Å². The highest BCUT2D eigenvalue weighted by atomic mass is 16.5. The smallest absolute Gasteiger partial charge is 0.181 e. The van der Waals surface area contributed by atoms with Crippen molar-refractivity contribution in [1.29, 1.82) is 0 Å². The van der Waals surface area contributed by atoms with E-state index in [1.54, 1.807) is 0 Å². The van der Waals surface area contributed by atoms with Gasteiger partial charge in [0.2, 0.25) is 0 Å². The third-order valence-corrected chi connectivity index (χ3v) is 6.05. The van der Waals surface area contributed by atoms with Crippen molar-refractivity contribution >= 4 is 21.9 Å². The summed E-state index contributed by atoms with van der Waals surface area (Å²) in [5, 5.41) is 14.5. The molecule has 1 aliphatic heterocycles. The number of aromatic nitrogens is 5. The van der Waals surface area contributed by atoms with Crippen LogP contribution in [-0.4, -0.2) is 50.6 Å². The number of rotatable bonds is 5. The minimum Gasteiger partial charge on any atom is -0.454 e. The molecule has 0 bridgehead atoms. The molecule has 1 atom stereocenters. The number of furan rings is 1. The highest BCUT2D eigenvalue weighted by Gasteiger charge is 2.24. The summed E-state index contributed by atoms with van der Waals surface area (Å²) in [4.78, 5) is 6.73. The SMILES string of the molecule is CN(C)Cc1nc(-c2ccc3c(c2)c(-c2cc4ccccc4o2)nn3C2CCCCO2)n[nH]1. The second-order valence-electron chi connectivity index (χ2n) is 8.84. The van der Waals surface area contributed by atoms with Gasteiger partial charge in [-0.15, -0.1) is 0 Å². The molecule has 1 unspecified atom stereocenters. The Kier molecular flexibility index (Phi) is 4.96. The van der Waals surface area contributed by atoms with E-state index in [0.717, 1.165) is 70.6 Å². The first-order valence-electron chi connectivity index (χ1n) is 11.3. The Balaban J connectivity index is 1.49. The van der Waals surface area contributed by atoms with Gasteiger partial charge in [0.05, 0.1) is 12.1 Å². The molecule has 0 aliphatic carbocycles. The summed E-state index contributed by atoms with van der Waals surface area (Å²) in [6, 6.07) is 16.3. The van der Waals surface area contributed by atoms with E-state index >= 15 is 0 Å². The van der Waals surface area contributed by atoms with Crippen LogP contribution in [0.5, 0.6) is 0 Å². The molecule has 3 aromatic heterocycles. The minimum absolute atomic E-state index is 0.0690. The molecule has 5 aromatic rings. The maximum absolute atomic E-state index is 6.20. The fraction of sp³-hybridized carbons (Fsp3) is 0.320. The van der Waals surface area contributed by atoms with E-state index in [9.17, 15) is 0 Å². The molecule has 0 amide bonds. The van der Waals surface area contributed by atoms with Crippen molar-refractivity contribution < 1.29 is 9.15 Å². The van der Waals surface area contributed by atoms with E-state index in [2.05, 4.69) is 44.3 Å². The topological polar surface area (TPSA) is 85.0 Å². The summed E-state index contributed by atoms with van der Waals surface area (Å²) in [5.74, 6) is 2.25. The summed E-state index contributed by atoms with van der Waals surface area (Å²) >= 11 is 0. The van der Waals surface area contributed by atoms with Crippen LogP contribution >= 0.6 is 0 Å². The van der Waals surface area contributed by atoms with Gasteiger partial charge in [-0.2, -0.15) is 10.2 Å². The minimum atomic E-state index is -0.0690. The molecule has 1 N–H and O–H groups in total. The largest absolute Gasteiger partial charge is 0.454 e. The lowest BCUT2D eigenvalue weighted by Gasteiger charge is -2.23. The molecule has 1 saturated heterocycles. The highest BCUT2D eigenvalue weighted by molar-refractivity contribution is 5.96. The van der Waals surface area contributed by atoms with Gasteiger partial charge in [-0.25, -0.2) is 9.67 Å². The first-order chi connectivity index (χ1) is 16.2. The van der Waals surface area contributed by atoms with Crippen molar-refractivity contribution in [3.05, 3.63) is 54.4 Å². The van der Waals surface area contributed by atoms with Gasteiger partial charge in [-0.1, -0.05) is 18.2 Å². The summed E-state index contributed by atoms with van der Waals surface area (Å²) in [5.41, 5.74) is 3.61. The van der Waals surface area contributed by atoms with Crippen molar-refractivity contribution in [1.82, 2.24) is 29.9 Å². The average molecular weight is 443 g/mol. The molecule has 8 heteroatoms. The molecule has 2 aromatic carbocycles. The van der Waals surface area contributed by atoms with E-state index < -0.39 is 0 Å². The lowest BCUT2D eigenvalue weighted by molar-refractivity contribution is -0.0365. The van der Waals surface area contributed by atoms with Crippen LogP contribution in [0.4, 0.5) is 0 Å². The van der Waals surface area contributed by atoms with Crippen LogP contribution < -0.4 is 0 Å². The Morgan fingerprint density at radius 3 is 2.85 bits per heavy atom. The van der Waals surface area contributed by atoms with Gasteiger partial charge in [0.25, 0.3) is 0 Å². The number of ether oxygens (including phenoxy) is 1. The number of fused-ring (bicyclic) bond motifs is 2. The van der Waals surface area contributed by atoms with Crippen LogP contribution in [0.25, 0.3) is 44.7 Å². The van der Waals surface area contributed by atoms with E-state index in [1.807, 2.05) is 43.0 Å². The molecular formula is C25H26N6O2. The van der Waals surface area contributed by atoms with Gasteiger partial charge in [0.1, 0.15) is 17.1 Å². The number of nitrogens with zero attached hydrogens (tertiary/aromatic N) is 5. The van der Waals surface area contributed by atoms with Gasteiger partial charge >= 0.3 is 0 Å². The molecular weight excluding hydrogens is 416 g/mol. The number of nitrogens with one attached hydrogen (secondary N) is 1. The predicted molar refractivity (Wildman–Crippen MR) is 127 cm³/mol. The quantitative estimate of drug-likeness (QED) is 0.413. The number of hydrogen-bond acceptors (Lipinski definition) is 6. The predicted octanol–water partition coefficient (Wildman–Crippen LogP) is 5.00. The number of aromatic amines is 1. The zero-order chi connectivity index (χ0) is 22.4. The highest BCUT2D eigenvalue weighted by Crippen LogP contribution is 2.36. The lowest BCUT2D eigenvalue weighted by atomic mass is 10.1. The molecule has 6 rings (SSSR count). The molecule has 168 valence electrons. The molecule has 0 saturated carbocycles. The average Bonchev–Trinajstić information content (AvgIpc) is 3.55. The van der Waals surface area contributed by atoms with E-state index in [0.29, 0.717) is 12.4 Å². The number of para-hydroxylation sites is 1. The normalized spacial score (nSPS) is 16.9. The summed E-state index contributed by atoms with van der Waals surface area (Å²) < 4.78 is 14.3. The van der Waals surface area contributed by atoms with Gasteiger partial charge in [-0.3, -0.25) is 5.10 Å². The van der Waals surface area contributed by atoms with E-state index in [-0.39, 0.29) is 6.23 Å². The Hall–Kier alpha value is -3.49. The van der Waals surface area contributed by atoms with Crippen LogP contribution in [0.15, 0.2) is 52.9 Å². The van der Waals surface area contributed by atoms with E-state index in [4.69, 9.17) is 14.3 Å². The molecule has 1 fully saturated rings. The zero-order valence-electron chi connectivity index (χ0n) is 18.8. The molecule has 1 aliphatic rings. The second-order valence-corrected chi connectivity index (χ2v) is 8.84. The number of benzene rings is 2. The summed E-state index contributed by atoms with van der Waals surface area (Å²) in [6.45, 7) is 1.46. The van der Waals surface area contributed by atoms with Crippen LogP contribution in [0.3, 0.4) is 0 Å². The Morgan fingerprint density at radius 1 is 1.12 bits per heavy atom. The summed E-state index contributed by atoms with van der Waals surface area (Å²) in [7, 11) is 4.02. The van der Waals surface area contributed by atoms with E-state index in [1.165, 1.54) is 0 Å². The van der Waals surface area contributed by atoms with Crippen molar-refractivity contribution in [3.8, 4) is 22.8 Å². The Morgan fingerprint density at radius 2 is 2.03 bits per heavy atom. The third kappa shape index (κ3) is 3.71. The van der Waals surface area contributed by atoms with Crippen LogP contribution in [-0.2, 0) is 11.3 Å². The lowest BCUT2D eigenvalue weighted by Crippen LogP contribution is -2.19. The van der Waals surface area contributed by atoms with Crippen LogP contribution in [0.2, 0.25) is 0 Å². The van der Waals surface area contributed by atoms with Gasteiger partial charge in [0, 0.05) is 22.9 Å². The Labute approximate surface area is 191 Å². The maximum atomic E-state index is 6.20. The maximum Gasteiger partial charge on any atom is 0.181 e. The third-order valence-electron chi connectivity index (χ3n) is 6.05. The van der Waals surface area contributed by atoms with Gasteiger partial charge in [0.15, 0.2) is 17.8 Å². The van der Waals surface area contributed by atoms with Crippen molar-refractivity contribution in [3.63, 3.8) is 0 Å². The monoisotopic (exact) mass is 442 g/mol. The first kappa shape index (κ1) is 20.1. The molecule has 0 spiro atoms. The van der Waals surface area contributed by atoms with Crippen molar-refractivity contribution in [2.24, 2.45) is 0 Å². The van der Waals surface area contributed by atoms with Gasteiger partial charge < -0.3 is 14.1 Å².